The second kappa shape index (κ2) is 5.53. The van der Waals surface area contributed by atoms with Gasteiger partial charge in [-0.25, -0.2) is 0 Å². The normalized spacial score (nSPS) is 18.4. The molecule has 1 aliphatic rings. The summed E-state index contributed by atoms with van der Waals surface area (Å²) in [5.41, 5.74) is 2.39. The molecule has 1 N–H and O–H groups in total. The Bertz CT molecular complexity index is 479. The van der Waals surface area contributed by atoms with Gasteiger partial charge in [0.2, 0.25) is 0 Å². The number of carbonyl (C=O) groups is 1. The zero-order valence-electron chi connectivity index (χ0n) is 11.4. The Morgan fingerprint density at radius 2 is 2.05 bits per heavy atom. The lowest BCUT2D eigenvalue weighted by Crippen LogP contribution is -2.39. The van der Waals surface area contributed by atoms with Crippen molar-refractivity contribution in [1.82, 2.24) is 0 Å². The van der Waals surface area contributed by atoms with E-state index in [0.29, 0.717) is 0 Å². The van der Waals surface area contributed by atoms with Crippen LogP contribution in [0, 0.1) is 12.3 Å². The van der Waals surface area contributed by atoms with E-state index in [1.54, 1.807) is 0 Å². The van der Waals surface area contributed by atoms with Gasteiger partial charge in [-0.05, 0) is 58.8 Å². The van der Waals surface area contributed by atoms with Crippen molar-refractivity contribution < 1.29 is 9.90 Å². The molecule has 0 aliphatic carbocycles. The maximum absolute atomic E-state index is 10.9. The third-order valence-corrected chi connectivity index (χ3v) is 4.63. The Labute approximate surface area is 122 Å². The summed E-state index contributed by atoms with van der Waals surface area (Å²) in [6.07, 6.45) is 2.13. The van der Waals surface area contributed by atoms with Crippen LogP contribution in [-0.4, -0.2) is 24.2 Å². The van der Waals surface area contributed by atoms with E-state index in [2.05, 4.69) is 52.9 Å². The van der Waals surface area contributed by atoms with Crippen molar-refractivity contribution in [2.24, 2.45) is 5.41 Å². The number of benzene rings is 1. The first kappa shape index (κ1) is 14.4. The van der Waals surface area contributed by atoms with Gasteiger partial charge in [-0.15, -0.1) is 0 Å². The van der Waals surface area contributed by atoms with Gasteiger partial charge in [0, 0.05) is 17.6 Å². The number of hydrogen-bond acceptors (Lipinski definition) is 2. The van der Waals surface area contributed by atoms with E-state index in [0.717, 1.165) is 30.4 Å². The van der Waals surface area contributed by atoms with Crippen LogP contribution in [0.5, 0.6) is 0 Å². The summed E-state index contributed by atoms with van der Waals surface area (Å²) in [6, 6.07) is 6.38. The maximum atomic E-state index is 10.9. The summed E-state index contributed by atoms with van der Waals surface area (Å²) < 4.78 is 1.12. The molecule has 0 amide bonds. The maximum Gasteiger partial charge on any atom is 0.303 e. The Morgan fingerprint density at radius 3 is 2.58 bits per heavy atom. The monoisotopic (exact) mass is 325 g/mol. The molecule has 0 atom stereocenters. The highest BCUT2D eigenvalue weighted by Gasteiger charge is 2.32. The largest absolute Gasteiger partial charge is 0.481 e. The van der Waals surface area contributed by atoms with Crippen molar-refractivity contribution in [3.05, 3.63) is 28.2 Å². The molecule has 1 saturated heterocycles. The number of carboxylic acids is 1. The first-order valence-electron chi connectivity index (χ1n) is 6.63. The number of halogens is 1. The van der Waals surface area contributed by atoms with Crippen LogP contribution in [0.1, 0.15) is 31.7 Å². The van der Waals surface area contributed by atoms with Gasteiger partial charge in [0.15, 0.2) is 0 Å². The SMILES string of the molecule is Cc1ccc(N2CCC(C)(CC(=O)O)CC2)c(Br)c1. The first-order chi connectivity index (χ1) is 8.89. The van der Waals surface area contributed by atoms with E-state index in [1.165, 1.54) is 11.3 Å². The number of aliphatic carboxylic acids is 1. The fraction of sp³-hybridized carbons (Fsp3) is 0.533. The molecule has 1 aromatic rings. The number of nitrogens with zero attached hydrogens (tertiary/aromatic N) is 1. The number of rotatable bonds is 3. The number of piperidine rings is 1. The highest BCUT2D eigenvalue weighted by molar-refractivity contribution is 9.10. The predicted octanol–water partition coefficient (Wildman–Crippen LogP) is 3.84. The van der Waals surface area contributed by atoms with Gasteiger partial charge >= 0.3 is 5.97 Å². The van der Waals surface area contributed by atoms with Crippen LogP contribution in [0.3, 0.4) is 0 Å². The number of carboxylic acid groups (broad SMARTS) is 1. The van der Waals surface area contributed by atoms with E-state index in [4.69, 9.17) is 5.11 Å². The molecule has 0 unspecified atom stereocenters. The van der Waals surface area contributed by atoms with Crippen LogP contribution in [-0.2, 0) is 4.79 Å². The average Bonchev–Trinajstić information content (AvgIpc) is 2.29. The summed E-state index contributed by atoms with van der Waals surface area (Å²) in [5, 5.41) is 8.97. The predicted molar refractivity (Wildman–Crippen MR) is 80.7 cm³/mol. The van der Waals surface area contributed by atoms with Gasteiger partial charge in [-0.2, -0.15) is 0 Å². The van der Waals surface area contributed by atoms with Crippen LogP contribution in [0.15, 0.2) is 22.7 Å². The molecule has 104 valence electrons. The molecule has 0 aromatic heterocycles. The van der Waals surface area contributed by atoms with Crippen molar-refractivity contribution in [1.29, 1.82) is 0 Å². The fourth-order valence-corrected chi connectivity index (χ4v) is 3.44. The summed E-state index contributed by atoms with van der Waals surface area (Å²) in [6.45, 7) is 6.01. The van der Waals surface area contributed by atoms with E-state index in [9.17, 15) is 4.79 Å². The lowest BCUT2D eigenvalue weighted by Gasteiger charge is -2.40. The van der Waals surface area contributed by atoms with E-state index in [1.807, 2.05) is 0 Å². The molecule has 2 rings (SSSR count). The summed E-state index contributed by atoms with van der Waals surface area (Å²) >= 11 is 3.62. The summed E-state index contributed by atoms with van der Waals surface area (Å²) in [4.78, 5) is 13.2. The van der Waals surface area contributed by atoms with Gasteiger partial charge in [0.1, 0.15) is 0 Å². The standard InChI is InChI=1S/C15H20BrNO2/c1-11-3-4-13(12(16)9-11)17-7-5-15(2,6-8-17)10-14(18)19/h3-4,9H,5-8,10H2,1-2H3,(H,18,19). The average molecular weight is 326 g/mol. The van der Waals surface area contributed by atoms with Crippen molar-refractivity contribution in [3.63, 3.8) is 0 Å². The highest BCUT2D eigenvalue weighted by Crippen LogP contribution is 2.37. The van der Waals surface area contributed by atoms with Crippen LogP contribution in [0.4, 0.5) is 5.69 Å². The van der Waals surface area contributed by atoms with Gasteiger partial charge < -0.3 is 10.0 Å². The minimum atomic E-state index is -0.688. The van der Waals surface area contributed by atoms with Crippen LogP contribution in [0.2, 0.25) is 0 Å². The molecule has 3 nitrogen and oxygen atoms in total. The lowest BCUT2D eigenvalue weighted by molar-refractivity contribution is -0.139. The molecular formula is C15H20BrNO2. The van der Waals surface area contributed by atoms with Gasteiger partial charge in [0.05, 0.1) is 12.1 Å². The number of anilines is 1. The van der Waals surface area contributed by atoms with Gasteiger partial charge in [-0.1, -0.05) is 13.0 Å². The first-order valence-corrected chi connectivity index (χ1v) is 7.42. The molecule has 19 heavy (non-hydrogen) atoms. The Kier molecular flexibility index (Phi) is 4.19. The van der Waals surface area contributed by atoms with Crippen LogP contribution >= 0.6 is 15.9 Å². The summed E-state index contributed by atoms with van der Waals surface area (Å²) in [7, 11) is 0. The van der Waals surface area contributed by atoms with Crippen molar-refractivity contribution in [3.8, 4) is 0 Å². The van der Waals surface area contributed by atoms with Gasteiger partial charge in [0.25, 0.3) is 0 Å². The molecule has 1 aliphatic heterocycles. The van der Waals surface area contributed by atoms with E-state index < -0.39 is 5.97 Å². The number of hydrogen-bond donors (Lipinski definition) is 1. The van der Waals surface area contributed by atoms with Crippen molar-refractivity contribution in [2.45, 2.75) is 33.1 Å². The Hall–Kier alpha value is -1.03. The molecule has 0 bridgehead atoms. The van der Waals surface area contributed by atoms with E-state index in [-0.39, 0.29) is 11.8 Å². The second-order valence-corrected chi connectivity index (χ2v) is 6.68. The summed E-state index contributed by atoms with van der Waals surface area (Å²) in [5.74, 6) is -0.688. The Balaban J connectivity index is 2.05. The topological polar surface area (TPSA) is 40.5 Å². The van der Waals surface area contributed by atoms with Crippen molar-refractivity contribution in [2.75, 3.05) is 18.0 Å². The van der Waals surface area contributed by atoms with E-state index >= 15 is 0 Å². The highest BCUT2D eigenvalue weighted by atomic mass is 79.9. The smallest absolute Gasteiger partial charge is 0.303 e. The molecule has 0 saturated carbocycles. The third-order valence-electron chi connectivity index (χ3n) is 3.99. The zero-order chi connectivity index (χ0) is 14.0. The molecule has 4 heteroatoms. The molecule has 0 radical (unpaired) electrons. The Morgan fingerprint density at radius 1 is 1.42 bits per heavy atom. The molecular weight excluding hydrogens is 306 g/mol. The molecule has 1 aromatic carbocycles. The third kappa shape index (κ3) is 3.50. The number of aryl methyl sites for hydroxylation is 1. The quantitative estimate of drug-likeness (QED) is 0.917. The second-order valence-electron chi connectivity index (χ2n) is 5.82. The minimum absolute atomic E-state index is 0.0560. The molecule has 0 spiro atoms. The van der Waals surface area contributed by atoms with Crippen molar-refractivity contribution >= 4 is 27.6 Å². The zero-order valence-corrected chi connectivity index (χ0v) is 13.0. The van der Waals surface area contributed by atoms with Gasteiger partial charge in [-0.3, -0.25) is 4.79 Å². The molecule has 1 fully saturated rings. The van der Waals surface area contributed by atoms with Crippen LogP contribution < -0.4 is 4.90 Å². The van der Waals surface area contributed by atoms with Crippen LogP contribution in [0.25, 0.3) is 0 Å². The minimum Gasteiger partial charge on any atom is -0.481 e. The lowest BCUT2D eigenvalue weighted by atomic mass is 9.77. The molecule has 1 heterocycles. The fourth-order valence-electron chi connectivity index (χ4n) is 2.70.